The van der Waals surface area contributed by atoms with Crippen LogP contribution in [0.1, 0.15) is 30.5 Å². The number of aromatic amines is 1. The first-order valence-corrected chi connectivity index (χ1v) is 9.07. The number of hydrogen-bond donors (Lipinski definition) is 2. The molecule has 0 saturated carbocycles. The van der Waals surface area contributed by atoms with Gasteiger partial charge in [-0.05, 0) is 35.4 Å². The van der Waals surface area contributed by atoms with Crippen LogP contribution in [-0.2, 0) is 9.59 Å². The minimum absolute atomic E-state index is 0.0928. The number of benzene rings is 2. The van der Waals surface area contributed by atoms with Crippen LogP contribution in [0.3, 0.4) is 0 Å². The van der Waals surface area contributed by atoms with Crippen LogP contribution in [-0.4, -0.2) is 26.9 Å². The van der Waals surface area contributed by atoms with E-state index in [4.69, 9.17) is 0 Å². The van der Waals surface area contributed by atoms with Crippen molar-refractivity contribution < 1.29 is 9.59 Å². The van der Waals surface area contributed by atoms with Gasteiger partial charge in [0.2, 0.25) is 11.8 Å². The van der Waals surface area contributed by atoms with Crippen molar-refractivity contribution in [3.63, 3.8) is 0 Å². The summed E-state index contributed by atoms with van der Waals surface area (Å²) in [5.74, 6) is -0.243. The average molecular weight is 372 g/mol. The van der Waals surface area contributed by atoms with Crippen molar-refractivity contribution in [3.8, 4) is 11.3 Å². The van der Waals surface area contributed by atoms with E-state index in [0.717, 1.165) is 22.4 Å². The summed E-state index contributed by atoms with van der Waals surface area (Å²) < 4.78 is 0. The lowest BCUT2D eigenvalue weighted by Gasteiger charge is -2.32. The van der Waals surface area contributed by atoms with Crippen LogP contribution in [0.2, 0.25) is 0 Å². The molecule has 2 aromatic carbocycles. The van der Waals surface area contributed by atoms with Crippen LogP contribution in [0.15, 0.2) is 67.0 Å². The first-order valence-electron chi connectivity index (χ1n) is 9.07. The molecular formula is C22H20N4O2. The predicted molar refractivity (Wildman–Crippen MR) is 108 cm³/mol. The normalized spacial score (nSPS) is 15.2. The highest BCUT2D eigenvalue weighted by molar-refractivity contribution is 5.92. The third-order valence-corrected chi connectivity index (χ3v) is 4.81. The van der Waals surface area contributed by atoms with Gasteiger partial charge in [-0.25, -0.2) is 0 Å². The van der Waals surface area contributed by atoms with E-state index >= 15 is 0 Å². The Labute approximate surface area is 162 Å². The maximum Gasteiger partial charge on any atom is 0.226 e. The van der Waals surface area contributed by atoms with Crippen LogP contribution >= 0.6 is 0 Å². The molecule has 2 N–H and O–H groups in total. The summed E-state index contributed by atoms with van der Waals surface area (Å²) in [7, 11) is 0. The number of carbonyl (C=O) groups excluding carboxylic acids is 2. The van der Waals surface area contributed by atoms with Crippen molar-refractivity contribution in [3.05, 3.63) is 78.1 Å². The summed E-state index contributed by atoms with van der Waals surface area (Å²) in [5, 5.41) is 9.82. The number of rotatable bonds is 4. The van der Waals surface area contributed by atoms with Crippen LogP contribution in [0, 0.1) is 0 Å². The molecule has 1 aliphatic rings. The lowest BCUT2D eigenvalue weighted by Crippen LogP contribution is -2.33. The number of amides is 2. The molecule has 2 heterocycles. The van der Waals surface area contributed by atoms with Gasteiger partial charge in [0.05, 0.1) is 18.2 Å². The fourth-order valence-electron chi connectivity index (χ4n) is 3.48. The van der Waals surface area contributed by atoms with E-state index in [1.165, 1.54) is 6.92 Å². The molecule has 6 nitrogen and oxygen atoms in total. The zero-order valence-corrected chi connectivity index (χ0v) is 15.4. The van der Waals surface area contributed by atoms with Gasteiger partial charge in [0.15, 0.2) is 0 Å². The lowest BCUT2D eigenvalue weighted by molar-refractivity contribution is -0.129. The first kappa shape index (κ1) is 17.7. The molecular weight excluding hydrogens is 352 g/mol. The van der Waals surface area contributed by atoms with E-state index in [1.807, 2.05) is 60.7 Å². The predicted octanol–water partition coefficient (Wildman–Crippen LogP) is 3.98. The molecule has 28 heavy (non-hydrogen) atoms. The maximum atomic E-state index is 12.8. The second kappa shape index (κ2) is 7.52. The summed E-state index contributed by atoms with van der Waals surface area (Å²) in [6, 6.07) is 16.9. The smallest absolute Gasteiger partial charge is 0.226 e. The van der Waals surface area contributed by atoms with E-state index in [2.05, 4.69) is 15.5 Å². The van der Waals surface area contributed by atoms with Crippen molar-refractivity contribution in [2.75, 3.05) is 5.32 Å². The Morgan fingerprint density at radius 3 is 2.79 bits per heavy atom. The van der Waals surface area contributed by atoms with Crippen LogP contribution < -0.4 is 5.32 Å². The second-order valence-corrected chi connectivity index (χ2v) is 6.69. The number of hydrogen-bond acceptors (Lipinski definition) is 3. The van der Waals surface area contributed by atoms with Crippen LogP contribution in [0.5, 0.6) is 0 Å². The molecule has 0 saturated heterocycles. The third kappa shape index (κ3) is 3.57. The Bertz CT molecular complexity index is 1040. The van der Waals surface area contributed by atoms with Gasteiger partial charge >= 0.3 is 0 Å². The Morgan fingerprint density at radius 1 is 1.14 bits per heavy atom. The van der Waals surface area contributed by atoms with E-state index in [9.17, 15) is 9.59 Å². The molecule has 0 aliphatic carbocycles. The second-order valence-electron chi connectivity index (χ2n) is 6.69. The summed E-state index contributed by atoms with van der Waals surface area (Å²) >= 11 is 0. The van der Waals surface area contributed by atoms with Crippen molar-refractivity contribution in [2.45, 2.75) is 19.4 Å². The van der Waals surface area contributed by atoms with Crippen molar-refractivity contribution in [1.82, 2.24) is 15.1 Å². The van der Waals surface area contributed by atoms with Gasteiger partial charge in [-0.15, -0.1) is 0 Å². The molecule has 0 spiro atoms. The van der Waals surface area contributed by atoms with Crippen LogP contribution in [0.4, 0.5) is 5.69 Å². The standard InChI is InChI=1S/C22H20N4O2/c1-15(27)26-12-10-16-5-2-3-8-19(16)21(26)14-22(28)24-18-7-4-6-17(13-18)20-9-11-23-25-20/h2-13,21H,14H2,1H3,(H,23,25)(H,24,28)/t21-/m1/s1. The molecule has 0 radical (unpaired) electrons. The van der Waals surface area contributed by atoms with Gasteiger partial charge in [-0.2, -0.15) is 5.10 Å². The fraction of sp³-hybridized carbons (Fsp3) is 0.136. The minimum atomic E-state index is -0.325. The third-order valence-electron chi connectivity index (χ3n) is 4.81. The van der Waals surface area contributed by atoms with Gasteiger partial charge in [0.1, 0.15) is 0 Å². The summed E-state index contributed by atoms with van der Waals surface area (Å²) in [4.78, 5) is 26.4. The average Bonchev–Trinajstić information content (AvgIpc) is 3.23. The molecule has 140 valence electrons. The number of nitrogens with one attached hydrogen (secondary N) is 2. The SMILES string of the molecule is CC(=O)N1C=Cc2ccccc2[C@H]1CC(=O)Nc1cccc(-c2ccn[nH]2)c1. The monoisotopic (exact) mass is 372 g/mol. The van der Waals surface area contributed by atoms with E-state index in [0.29, 0.717) is 5.69 Å². The quantitative estimate of drug-likeness (QED) is 0.727. The van der Waals surface area contributed by atoms with E-state index in [1.54, 1.807) is 17.3 Å². The van der Waals surface area contributed by atoms with Crippen molar-refractivity contribution >= 4 is 23.6 Å². The van der Waals surface area contributed by atoms with Crippen molar-refractivity contribution in [2.24, 2.45) is 0 Å². The zero-order valence-electron chi connectivity index (χ0n) is 15.4. The summed E-state index contributed by atoms with van der Waals surface area (Å²) in [6.07, 6.45) is 5.51. The largest absolute Gasteiger partial charge is 0.326 e. The molecule has 0 unspecified atom stereocenters. The number of fused-ring (bicyclic) bond motifs is 1. The molecule has 1 atom stereocenters. The van der Waals surface area contributed by atoms with Gasteiger partial charge in [-0.1, -0.05) is 36.4 Å². The number of H-pyrrole nitrogens is 1. The number of aromatic nitrogens is 2. The van der Waals surface area contributed by atoms with Crippen molar-refractivity contribution in [1.29, 1.82) is 0 Å². The number of carbonyl (C=O) groups is 2. The molecule has 3 aromatic rings. The molecule has 0 fully saturated rings. The lowest BCUT2D eigenvalue weighted by atomic mass is 9.93. The Hall–Kier alpha value is -3.67. The highest BCUT2D eigenvalue weighted by Crippen LogP contribution is 2.33. The maximum absolute atomic E-state index is 12.8. The van der Waals surface area contributed by atoms with Gasteiger partial charge < -0.3 is 10.2 Å². The Kier molecular flexibility index (Phi) is 4.76. The minimum Gasteiger partial charge on any atom is -0.326 e. The topological polar surface area (TPSA) is 78.1 Å². The van der Waals surface area contributed by atoms with Gasteiger partial charge in [0.25, 0.3) is 0 Å². The Balaban J connectivity index is 1.53. The highest BCUT2D eigenvalue weighted by Gasteiger charge is 2.28. The number of anilines is 1. The van der Waals surface area contributed by atoms with E-state index < -0.39 is 0 Å². The molecule has 1 aromatic heterocycles. The molecule has 1 aliphatic heterocycles. The summed E-state index contributed by atoms with van der Waals surface area (Å²) in [6.45, 7) is 1.51. The van der Waals surface area contributed by atoms with Gasteiger partial charge in [-0.3, -0.25) is 14.7 Å². The van der Waals surface area contributed by atoms with Gasteiger partial charge in [0, 0.05) is 30.6 Å². The van der Waals surface area contributed by atoms with Crippen LogP contribution in [0.25, 0.3) is 17.3 Å². The zero-order chi connectivity index (χ0) is 19.5. The molecule has 6 heteroatoms. The van der Waals surface area contributed by atoms with E-state index in [-0.39, 0.29) is 24.3 Å². The fourth-order valence-corrected chi connectivity index (χ4v) is 3.48. The molecule has 2 amide bonds. The molecule has 0 bridgehead atoms. The summed E-state index contributed by atoms with van der Waals surface area (Å²) in [5.41, 5.74) is 4.52. The Morgan fingerprint density at radius 2 is 2.00 bits per heavy atom. The first-order chi connectivity index (χ1) is 13.6. The highest BCUT2D eigenvalue weighted by atomic mass is 16.2. The number of nitrogens with zero attached hydrogens (tertiary/aromatic N) is 2. The molecule has 4 rings (SSSR count).